The Kier molecular flexibility index (Phi) is 5.32. The zero-order valence-electron chi connectivity index (χ0n) is 26.2. The van der Waals surface area contributed by atoms with Crippen molar-refractivity contribution >= 4 is 76.6 Å². The summed E-state index contributed by atoms with van der Waals surface area (Å²) in [6, 6.07) is 55.2. The van der Waals surface area contributed by atoms with Crippen molar-refractivity contribution in [1.82, 2.24) is 19.1 Å². The van der Waals surface area contributed by atoms with Gasteiger partial charge < -0.3 is 8.98 Å². The summed E-state index contributed by atoms with van der Waals surface area (Å²) in [5.74, 6) is 0.765. The molecule has 0 N–H and O–H groups in total. The predicted octanol–water partition coefficient (Wildman–Crippen LogP) is 11.4. The fraction of sp³-hybridized carbons (Fsp3) is 0. The summed E-state index contributed by atoms with van der Waals surface area (Å²) in [6.07, 6.45) is 0. The molecule has 4 heterocycles. The number of rotatable bonds is 3. The molecule has 5 nitrogen and oxygen atoms in total. The van der Waals surface area contributed by atoms with Crippen molar-refractivity contribution < 1.29 is 4.42 Å². The van der Waals surface area contributed by atoms with E-state index in [9.17, 15) is 0 Å². The van der Waals surface area contributed by atoms with Crippen LogP contribution in [0.1, 0.15) is 0 Å². The second kappa shape index (κ2) is 9.89. The molecule has 0 fully saturated rings. The number of hydrogen-bond acceptors (Lipinski definition) is 3. The summed E-state index contributed by atoms with van der Waals surface area (Å²) in [5, 5.41) is 6.90. The van der Waals surface area contributed by atoms with E-state index in [1.807, 2.05) is 36.4 Å². The molecule has 0 amide bonds. The van der Waals surface area contributed by atoms with Crippen LogP contribution in [0.4, 0.5) is 0 Å². The molecule has 11 rings (SSSR count). The third kappa shape index (κ3) is 3.64. The molecule has 49 heavy (non-hydrogen) atoms. The van der Waals surface area contributed by atoms with E-state index in [0.717, 1.165) is 77.8 Å². The second-order valence-electron chi connectivity index (χ2n) is 12.6. The second-order valence-corrected chi connectivity index (χ2v) is 12.6. The van der Waals surface area contributed by atoms with E-state index in [0.29, 0.717) is 0 Å². The predicted molar refractivity (Wildman–Crippen MR) is 201 cm³/mol. The first-order valence-corrected chi connectivity index (χ1v) is 16.5. The lowest BCUT2D eigenvalue weighted by molar-refractivity contribution is 0.669. The summed E-state index contributed by atoms with van der Waals surface area (Å²) in [7, 11) is 0. The molecule has 0 unspecified atom stereocenters. The number of hydrogen-bond donors (Lipinski definition) is 0. The number of nitrogens with zero attached hydrogens (tertiary/aromatic N) is 4. The number of aromatic nitrogens is 4. The molecule has 5 heteroatoms. The zero-order chi connectivity index (χ0) is 32.1. The van der Waals surface area contributed by atoms with Gasteiger partial charge >= 0.3 is 0 Å². The molecule has 228 valence electrons. The minimum atomic E-state index is 0.765. The summed E-state index contributed by atoms with van der Waals surface area (Å²) < 4.78 is 11.3. The average Bonchev–Trinajstić information content (AvgIpc) is 3.67. The Balaban J connectivity index is 1.35. The summed E-state index contributed by atoms with van der Waals surface area (Å²) >= 11 is 0. The monoisotopic (exact) mass is 626 g/mol. The van der Waals surface area contributed by atoms with Gasteiger partial charge in [-0.1, -0.05) is 97.1 Å². The van der Waals surface area contributed by atoms with E-state index >= 15 is 0 Å². The molecule has 0 atom stereocenters. The minimum Gasteiger partial charge on any atom is -0.455 e. The Morgan fingerprint density at radius 2 is 1.00 bits per heavy atom. The molecule has 0 aliphatic carbocycles. The lowest BCUT2D eigenvalue weighted by Gasteiger charge is -2.15. The van der Waals surface area contributed by atoms with Gasteiger partial charge in [0.15, 0.2) is 5.82 Å². The van der Waals surface area contributed by atoms with Crippen LogP contribution in [0.25, 0.3) is 99.3 Å². The van der Waals surface area contributed by atoms with Crippen LogP contribution in [-0.2, 0) is 0 Å². The van der Waals surface area contributed by atoms with Crippen LogP contribution in [-0.4, -0.2) is 19.1 Å². The number of fused-ring (bicyclic) bond motifs is 6. The Hall–Kier alpha value is -6.72. The lowest BCUT2D eigenvalue weighted by atomic mass is 10.1. The first-order chi connectivity index (χ1) is 24.3. The van der Waals surface area contributed by atoms with E-state index in [4.69, 9.17) is 14.4 Å². The van der Waals surface area contributed by atoms with Gasteiger partial charge in [-0.05, 0) is 66.0 Å². The summed E-state index contributed by atoms with van der Waals surface area (Å²) in [4.78, 5) is 10.8. The lowest BCUT2D eigenvalue weighted by Crippen LogP contribution is -2.04. The van der Waals surface area contributed by atoms with Gasteiger partial charge in [-0.25, -0.2) is 9.97 Å². The molecule has 0 saturated heterocycles. The van der Waals surface area contributed by atoms with Gasteiger partial charge in [-0.15, -0.1) is 0 Å². The van der Waals surface area contributed by atoms with Gasteiger partial charge in [0.25, 0.3) is 0 Å². The van der Waals surface area contributed by atoms with Crippen LogP contribution in [0.5, 0.6) is 0 Å². The van der Waals surface area contributed by atoms with Crippen molar-refractivity contribution in [3.8, 4) is 22.8 Å². The highest BCUT2D eigenvalue weighted by molar-refractivity contribution is 6.28. The number of para-hydroxylation sites is 6. The molecular weight excluding hydrogens is 601 g/mol. The molecule has 11 aromatic rings. The highest BCUT2D eigenvalue weighted by atomic mass is 16.3. The smallest absolute Gasteiger partial charge is 0.165 e. The van der Waals surface area contributed by atoms with Crippen molar-refractivity contribution in [3.63, 3.8) is 0 Å². The maximum atomic E-state index is 6.58. The van der Waals surface area contributed by atoms with E-state index in [-0.39, 0.29) is 0 Å². The Bertz CT molecular complexity index is 3110. The molecule has 0 radical (unpaired) electrons. The normalized spacial score (nSPS) is 12.1. The van der Waals surface area contributed by atoms with Gasteiger partial charge in [0.1, 0.15) is 16.9 Å². The maximum Gasteiger partial charge on any atom is 0.165 e. The van der Waals surface area contributed by atoms with Crippen LogP contribution >= 0.6 is 0 Å². The van der Waals surface area contributed by atoms with Crippen molar-refractivity contribution in [1.29, 1.82) is 0 Å². The summed E-state index contributed by atoms with van der Waals surface area (Å²) in [6.45, 7) is 0. The largest absolute Gasteiger partial charge is 0.455 e. The molecule has 0 aliphatic rings. The maximum absolute atomic E-state index is 6.58. The van der Waals surface area contributed by atoms with Crippen molar-refractivity contribution in [2.75, 3.05) is 0 Å². The molecule has 0 spiro atoms. The van der Waals surface area contributed by atoms with Crippen LogP contribution in [0.3, 0.4) is 0 Å². The van der Waals surface area contributed by atoms with Crippen molar-refractivity contribution in [2.45, 2.75) is 0 Å². The summed E-state index contributed by atoms with van der Waals surface area (Å²) in [5.41, 5.74) is 10.5. The van der Waals surface area contributed by atoms with Gasteiger partial charge in [0.05, 0.1) is 33.1 Å². The molecule has 0 aliphatic heterocycles. The van der Waals surface area contributed by atoms with Gasteiger partial charge in [-0.3, -0.25) is 4.57 Å². The zero-order valence-corrected chi connectivity index (χ0v) is 26.2. The fourth-order valence-corrected chi connectivity index (χ4v) is 7.87. The van der Waals surface area contributed by atoms with Crippen LogP contribution in [0, 0.1) is 0 Å². The van der Waals surface area contributed by atoms with E-state index in [2.05, 4.69) is 130 Å². The first kappa shape index (κ1) is 26.4. The molecular formula is C44H26N4O. The van der Waals surface area contributed by atoms with Gasteiger partial charge in [0.2, 0.25) is 0 Å². The van der Waals surface area contributed by atoms with Gasteiger partial charge in [-0.2, -0.15) is 0 Å². The quantitative estimate of drug-likeness (QED) is 0.196. The van der Waals surface area contributed by atoms with Crippen LogP contribution in [0.15, 0.2) is 162 Å². The number of benzene rings is 7. The van der Waals surface area contributed by atoms with E-state index in [1.54, 1.807) is 0 Å². The number of furan rings is 1. The Morgan fingerprint density at radius 3 is 1.86 bits per heavy atom. The highest BCUT2D eigenvalue weighted by Crippen LogP contribution is 2.44. The van der Waals surface area contributed by atoms with Crippen molar-refractivity contribution in [2.24, 2.45) is 0 Å². The third-order valence-electron chi connectivity index (χ3n) is 9.91. The standard InChI is InChI=1S/C44H26N4O/c1-2-13-27(14-3-1)47-35-22-8-4-15-28(35)30-17-11-23-36-40(30)41-37(47)24-12-25-38(41)48(36)44-42(45-33-20-6-7-21-34(33)46-44)32-19-10-18-31-29-16-5-9-26-39(29)49-43(31)32/h1-26H. The first-order valence-electron chi connectivity index (χ1n) is 16.5. The van der Waals surface area contributed by atoms with E-state index in [1.165, 1.54) is 21.5 Å². The Labute approximate surface area is 279 Å². The molecule has 0 saturated carbocycles. The minimum absolute atomic E-state index is 0.765. The topological polar surface area (TPSA) is 48.8 Å². The molecule has 7 aromatic carbocycles. The van der Waals surface area contributed by atoms with Crippen LogP contribution in [0.2, 0.25) is 0 Å². The van der Waals surface area contributed by atoms with Crippen LogP contribution < -0.4 is 0 Å². The average molecular weight is 627 g/mol. The Morgan fingerprint density at radius 1 is 0.408 bits per heavy atom. The highest BCUT2D eigenvalue weighted by Gasteiger charge is 2.25. The molecule has 0 bridgehead atoms. The third-order valence-corrected chi connectivity index (χ3v) is 9.91. The fourth-order valence-electron chi connectivity index (χ4n) is 7.87. The van der Waals surface area contributed by atoms with Crippen molar-refractivity contribution in [3.05, 3.63) is 158 Å². The molecule has 4 aromatic heterocycles. The van der Waals surface area contributed by atoms with E-state index < -0.39 is 0 Å². The van der Waals surface area contributed by atoms with Gasteiger partial charge in [0, 0.05) is 38.2 Å². The SMILES string of the molecule is c1ccc(-n2c3ccccc3c3cccc4c3c3c2cccc3n4-c2nc3ccccc3nc2-c2cccc3c2oc2ccccc23)cc1.